The fraction of sp³-hybridized carbons (Fsp3) is 0.474. The second kappa shape index (κ2) is 10.1. The maximum absolute atomic E-state index is 12.6. The highest BCUT2D eigenvalue weighted by atomic mass is 32.1. The van der Waals surface area contributed by atoms with Gasteiger partial charge in [0.1, 0.15) is 0 Å². The molecule has 3 rings (SSSR count). The molecular formula is C19H22F3N5O3S. The zero-order chi connectivity index (χ0) is 22.4. The predicted molar refractivity (Wildman–Crippen MR) is 108 cm³/mol. The van der Waals surface area contributed by atoms with E-state index in [2.05, 4.69) is 20.6 Å². The third-order valence-electron chi connectivity index (χ3n) is 4.61. The summed E-state index contributed by atoms with van der Waals surface area (Å²) in [6, 6.07) is 2.73. The molecule has 2 N–H and O–H groups in total. The van der Waals surface area contributed by atoms with Crippen molar-refractivity contribution >= 4 is 29.0 Å². The quantitative estimate of drug-likeness (QED) is 0.633. The van der Waals surface area contributed by atoms with Crippen LogP contribution in [0.25, 0.3) is 0 Å². The number of nitrogens with one attached hydrogen (secondary N) is 2. The van der Waals surface area contributed by atoms with Gasteiger partial charge in [-0.25, -0.2) is 4.98 Å². The van der Waals surface area contributed by atoms with E-state index in [-0.39, 0.29) is 35.4 Å². The molecule has 1 aliphatic rings. The Morgan fingerprint density at radius 3 is 2.87 bits per heavy atom. The Morgan fingerprint density at radius 1 is 1.35 bits per heavy atom. The summed E-state index contributed by atoms with van der Waals surface area (Å²) >= 11 is 1.06. The number of ether oxygens (including phenoxy) is 1. The van der Waals surface area contributed by atoms with Crippen LogP contribution < -0.4 is 15.4 Å². The van der Waals surface area contributed by atoms with Crippen molar-refractivity contribution in [2.24, 2.45) is 5.92 Å². The smallest absolute Gasteiger partial charge is 0.422 e. The van der Waals surface area contributed by atoms with E-state index in [9.17, 15) is 22.8 Å². The second-order valence-electron chi connectivity index (χ2n) is 7.15. The summed E-state index contributed by atoms with van der Waals surface area (Å²) in [5, 5.41) is 5.69. The first-order chi connectivity index (χ1) is 14.7. The number of hydrogen-bond donors (Lipinski definition) is 2. The Bertz CT molecular complexity index is 893. The molecule has 1 unspecified atom stereocenters. The summed E-state index contributed by atoms with van der Waals surface area (Å²) in [6.07, 6.45) is 0.646. The number of hydrogen-bond acceptors (Lipinski definition) is 7. The summed E-state index contributed by atoms with van der Waals surface area (Å²) in [7, 11) is 0. The molecule has 3 heterocycles. The fourth-order valence-electron chi connectivity index (χ4n) is 3.14. The van der Waals surface area contributed by atoms with Crippen LogP contribution in [0.1, 0.15) is 24.3 Å². The first-order valence-corrected chi connectivity index (χ1v) is 10.4. The summed E-state index contributed by atoms with van der Waals surface area (Å²) in [6.45, 7) is 1.60. The number of anilines is 1. The Kier molecular flexibility index (Phi) is 7.44. The van der Waals surface area contributed by atoms with Crippen LogP contribution >= 0.6 is 11.3 Å². The number of rotatable bonds is 8. The molecule has 2 aromatic heterocycles. The molecule has 2 atom stereocenters. The van der Waals surface area contributed by atoms with Gasteiger partial charge in [-0.05, 0) is 32.0 Å². The Hall–Kier alpha value is -2.73. The molecule has 1 fully saturated rings. The molecule has 0 saturated carbocycles. The standard InChI is InChI=1S/C19H22F3N5O3S/c1-12(14-2-3-17(31-14)30-11-19(20,21)22)25-18(29)13-4-7-27(9-13)10-16(28)26-15-8-23-5-6-24-15/h2-3,5-6,8,12-13H,4,7,9-11H2,1H3,(H,25,29)(H,24,26,28)/t12-,13?/m1/s1. The second-order valence-corrected chi connectivity index (χ2v) is 8.23. The minimum absolute atomic E-state index is 0.140. The average molecular weight is 457 g/mol. The number of amides is 2. The minimum Gasteiger partial charge on any atom is -0.475 e. The third kappa shape index (κ3) is 7.17. The van der Waals surface area contributed by atoms with E-state index in [0.29, 0.717) is 30.2 Å². The van der Waals surface area contributed by atoms with Gasteiger partial charge < -0.3 is 15.4 Å². The van der Waals surface area contributed by atoms with Crippen molar-refractivity contribution in [2.75, 3.05) is 31.6 Å². The topological polar surface area (TPSA) is 96.5 Å². The van der Waals surface area contributed by atoms with Crippen LogP contribution in [-0.4, -0.2) is 59.1 Å². The fourth-order valence-corrected chi connectivity index (χ4v) is 4.00. The molecule has 2 amide bonds. The van der Waals surface area contributed by atoms with Gasteiger partial charge in [0.2, 0.25) is 11.8 Å². The lowest BCUT2D eigenvalue weighted by molar-refractivity contribution is -0.152. The summed E-state index contributed by atoms with van der Waals surface area (Å²) in [4.78, 5) is 35.1. The Labute approximate surface area is 180 Å². The molecule has 0 bridgehead atoms. The number of alkyl halides is 3. The van der Waals surface area contributed by atoms with Crippen molar-refractivity contribution in [1.82, 2.24) is 20.2 Å². The SMILES string of the molecule is C[C@@H](NC(=O)C1CCN(CC(=O)Nc2cnccn2)C1)c1ccc(OCC(F)(F)F)s1. The molecule has 1 saturated heterocycles. The van der Waals surface area contributed by atoms with E-state index in [1.165, 1.54) is 24.7 Å². The molecule has 31 heavy (non-hydrogen) atoms. The lowest BCUT2D eigenvalue weighted by Crippen LogP contribution is -2.36. The van der Waals surface area contributed by atoms with Crippen molar-refractivity contribution in [2.45, 2.75) is 25.6 Å². The van der Waals surface area contributed by atoms with Gasteiger partial charge in [0.25, 0.3) is 0 Å². The number of aromatic nitrogens is 2. The highest BCUT2D eigenvalue weighted by Crippen LogP contribution is 2.31. The molecular weight excluding hydrogens is 435 g/mol. The highest BCUT2D eigenvalue weighted by molar-refractivity contribution is 7.13. The summed E-state index contributed by atoms with van der Waals surface area (Å²) in [5.41, 5.74) is 0. The van der Waals surface area contributed by atoms with Gasteiger partial charge in [-0.1, -0.05) is 0 Å². The minimum atomic E-state index is -4.40. The lowest BCUT2D eigenvalue weighted by atomic mass is 10.1. The van der Waals surface area contributed by atoms with Crippen LogP contribution in [0.4, 0.5) is 19.0 Å². The first-order valence-electron chi connectivity index (χ1n) is 9.57. The summed E-state index contributed by atoms with van der Waals surface area (Å²) in [5.74, 6) is -0.299. The number of nitrogens with zero attached hydrogens (tertiary/aromatic N) is 3. The molecule has 0 radical (unpaired) electrons. The Balaban J connectivity index is 1.43. The highest BCUT2D eigenvalue weighted by Gasteiger charge is 2.31. The van der Waals surface area contributed by atoms with Crippen LogP contribution in [0.2, 0.25) is 0 Å². The normalized spacial score (nSPS) is 17.9. The monoisotopic (exact) mass is 457 g/mol. The van der Waals surface area contributed by atoms with Crippen LogP contribution in [0, 0.1) is 5.92 Å². The Morgan fingerprint density at radius 2 is 2.16 bits per heavy atom. The molecule has 0 aromatic carbocycles. The number of carbonyl (C=O) groups excluding carboxylic acids is 2. The van der Waals surface area contributed by atoms with Crippen molar-refractivity contribution in [3.63, 3.8) is 0 Å². The number of thiophene rings is 1. The maximum atomic E-state index is 12.6. The van der Waals surface area contributed by atoms with Gasteiger partial charge in [0.15, 0.2) is 17.5 Å². The lowest BCUT2D eigenvalue weighted by Gasteiger charge is -2.17. The van der Waals surface area contributed by atoms with Gasteiger partial charge in [0, 0.05) is 23.8 Å². The molecule has 1 aliphatic heterocycles. The largest absolute Gasteiger partial charge is 0.475 e. The van der Waals surface area contributed by atoms with Gasteiger partial charge in [0.05, 0.1) is 24.7 Å². The van der Waals surface area contributed by atoms with E-state index in [4.69, 9.17) is 4.74 Å². The number of likely N-dealkylation sites (tertiary alicyclic amines) is 1. The number of halogens is 3. The molecule has 168 valence electrons. The number of carbonyl (C=O) groups is 2. The predicted octanol–water partition coefficient (Wildman–Crippen LogP) is 2.62. The van der Waals surface area contributed by atoms with E-state index in [1.807, 2.05) is 4.90 Å². The van der Waals surface area contributed by atoms with Crippen molar-refractivity contribution < 1.29 is 27.5 Å². The third-order valence-corrected chi connectivity index (χ3v) is 5.79. The van der Waals surface area contributed by atoms with Gasteiger partial charge in [-0.15, -0.1) is 11.3 Å². The molecule has 2 aromatic rings. The molecule has 12 heteroatoms. The van der Waals surface area contributed by atoms with Crippen LogP contribution in [0.5, 0.6) is 5.06 Å². The van der Waals surface area contributed by atoms with E-state index in [1.54, 1.807) is 13.0 Å². The maximum Gasteiger partial charge on any atom is 0.422 e. The molecule has 0 spiro atoms. The van der Waals surface area contributed by atoms with Crippen molar-refractivity contribution in [3.05, 3.63) is 35.6 Å². The zero-order valence-electron chi connectivity index (χ0n) is 16.7. The average Bonchev–Trinajstić information content (AvgIpc) is 3.36. The summed E-state index contributed by atoms with van der Waals surface area (Å²) < 4.78 is 41.5. The van der Waals surface area contributed by atoms with Crippen molar-refractivity contribution in [1.29, 1.82) is 0 Å². The van der Waals surface area contributed by atoms with Gasteiger partial charge in [-0.3, -0.25) is 19.5 Å². The van der Waals surface area contributed by atoms with Crippen LogP contribution in [-0.2, 0) is 9.59 Å². The van der Waals surface area contributed by atoms with Crippen LogP contribution in [0.15, 0.2) is 30.7 Å². The van der Waals surface area contributed by atoms with Crippen LogP contribution in [0.3, 0.4) is 0 Å². The van der Waals surface area contributed by atoms with Gasteiger partial charge in [-0.2, -0.15) is 13.2 Å². The van der Waals surface area contributed by atoms with Crippen molar-refractivity contribution in [3.8, 4) is 5.06 Å². The zero-order valence-corrected chi connectivity index (χ0v) is 17.5. The van der Waals surface area contributed by atoms with E-state index >= 15 is 0 Å². The molecule has 8 nitrogen and oxygen atoms in total. The van der Waals surface area contributed by atoms with E-state index < -0.39 is 12.8 Å². The molecule has 0 aliphatic carbocycles. The first kappa shape index (κ1) is 22.9. The van der Waals surface area contributed by atoms with Gasteiger partial charge >= 0.3 is 6.18 Å². The van der Waals surface area contributed by atoms with E-state index in [0.717, 1.165) is 11.3 Å².